The van der Waals surface area contributed by atoms with Gasteiger partial charge in [-0.1, -0.05) is 0 Å². The molecule has 0 atom stereocenters. The molecule has 0 amide bonds. The van der Waals surface area contributed by atoms with Gasteiger partial charge in [0.1, 0.15) is 10.8 Å². The number of hydrogen-bond acceptors (Lipinski definition) is 6. The zero-order chi connectivity index (χ0) is 14.2. The van der Waals surface area contributed by atoms with E-state index in [2.05, 4.69) is 14.3 Å². The molecule has 106 valence electrons. The van der Waals surface area contributed by atoms with E-state index in [4.69, 9.17) is 5.73 Å². The number of aliphatic hydroxyl groups is 1. The van der Waals surface area contributed by atoms with Crippen molar-refractivity contribution in [1.29, 1.82) is 0 Å². The van der Waals surface area contributed by atoms with Gasteiger partial charge in [0.15, 0.2) is 0 Å². The maximum Gasteiger partial charge on any atom is 0.147 e. The molecular weight excluding hydrogens is 272 g/mol. The Morgan fingerprint density at radius 2 is 1.95 bits per heavy atom. The first-order chi connectivity index (χ1) is 9.57. The fourth-order valence-corrected chi connectivity index (χ4v) is 3.38. The first-order valence-corrected chi connectivity index (χ1v) is 7.47. The molecule has 0 radical (unpaired) electrons. The Hall–Kier alpha value is -1.66. The van der Waals surface area contributed by atoms with Gasteiger partial charge < -0.3 is 15.7 Å². The van der Waals surface area contributed by atoms with Crippen LogP contribution in [0.1, 0.15) is 19.8 Å². The van der Waals surface area contributed by atoms with Gasteiger partial charge >= 0.3 is 0 Å². The summed E-state index contributed by atoms with van der Waals surface area (Å²) in [4.78, 5) is 6.31. The number of anilines is 2. The maximum atomic E-state index is 10.1. The summed E-state index contributed by atoms with van der Waals surface area (Å²) in [6, 6.07) is 3.90. The molecule has 1 aliphatic heterocycles. The van der Waals surface area contributed by atoms with Crippen LogP contribution in [0.4, 0.5) is 10.8 Å². The number of hydrogen-bond donors (Lipinski definition) is 2. The quantitative estimate of drug-likeness (QED) is 0.886. The fourth-order valence-electron chi connectivity index (χ4n) is 2.49. The van der Waals surface area contributed by atoms with Crippen molar-refractivity contribution in [3.05, 3.63) is 24.5 Å². The Labute approximate surface area is 122 Å². The number of nitrogens with two attached hydrogens (primary N) is 1. The SMILES string of the molecule is CC1(O)CCN(c2snc(N)c2-c2ccncc2)CC1. The van der Waals surface area contributed by atoms with Gasteiger partial charge in [0.2, 0.25) is 0 Å². The molecule has 0 bridgehead atoms. The third-order valence-corrected chi connectivity index (χ3v) is 4.72. The zero-order valence-electron chi connectivity index (χ0n) is 11.4. The predicted octanol–water partition coefficient (Wildman–Crippen LogP) is 2.14. The van der Waals surface area contributed by atoms with Crippen LogP contribution in [-0.4, -0.2) is 33.2 Å². The van der Waals surface area contributed by atoms with E-state index >= 15 is 0 Å². The lowest BCUT2D eigenvalue weighted by molar-refractivity contribution is 0.0352. The van der Waals surface area contributed by atoms with Gasteiger partial charge in [-0.3, -0.25) is 4.98 Å². The molecule has 2 aromatic heterocycles. The molecule has 20 heavy (non-hydrogen) atoms. The molecule has 0 saturated carbocycles. The van der Waals surface area contributed by atoms with Crippen molar-refractivity contribution in [1.82, 2.24) is 9.36 Å². The lowest BCUT2D eigenvalue weighted by Gasteiger charge is -2.36. The average molecular weight is 290 g/mol. The highest BCUT2D eigenvalue weighted by Gasteiger charge is 2.30. The molecule has 0 aliphatic carbocycles. The molecule has 2 aromatic rings. The van der Waals surface area contributed by atoms with E-state index in [1.807, 2.05) is 19.1 Å². The summed E-state index contributed by atoms with van der Waals surface area (Å²) in [5, 5.41) is 11.1. The smallest absolute Gasteiger partial charge is 0.147 e. The number of nitrogen functional groups attached to an aromatic ring is 1. The summed E-state index contributed by atoms with van der Waals surface area (Å²) in [6.45, 7) is 3.55. The topological polar surface area (TPSA) is 75.3 Å². The largest absolute Gasteiger partial charge is 0.390 e. The van der Waals surface area contributed by atoms with Crippen LogP contribution in [0, 0.1) is 0 Å². The molecule has 3 N–H and O–H groups in total. The van der Waals surface area contributed by atoms with E-state index in [9.17, 15) is 5.11 Å². The Balaban J connectivity index is 1.92. The van der Waals surface area contributed by atoms with Gasteiger partial charge in [0.05, 0.1) is 11.2 Å². The van der Waals surface area contributed by atoms with Crippen molar-refractivity contribution >= 4 is 22.4 Å². The van der Waals surface area contributed by atoms with Crippen molar-refractivity contribution in [3.63, 3.8) is 0 Å². The second-order valence-electron chi connectivity index (χ2n) is 5.47. The maximum absolute atomic E-state index is 10.1. The van der Waals surface area contributed by atoms with E-state index in [1.54, 1.807) is 12.4 Å². The van der Waals surface area contributed by atoms with Crippen LogP contribution < -0.4 is 10.6 Å². The van der Waals surface area contributed by atoms with Crippen molar-refractivity contribution in [2.75, 3.05) is 23.7 Å². The second kappa shape index (κ2) is 5.03. The molecular formula is C14H18N4OS. The molecule has 0 aromatic carbocycles. The van der Waals surface area contributed by atoms with E-state index in [1.165, 1.54) is 11.5 Å². The normalized spacial score (nSPS) is 18.2. The Morgan fingerprint density at radius 3 is 2.60 bits per heavy atom. The third kappa shape index (κ3) is 2.48. The van der Waals surface area contributed by atoms with Crippen molar-refractivity contribution in [2.45, 2.75) is 25.4 Å². The van der Waals surface area contributed by atoms with Gasteiger partial charge in [-0.05, 0) is 49.0 Å². The minimum atomic E-state index is -0.552. The lowest BCUT2D eigenvalue weighted by atomic mass is 9.94. The van der Waals surface area contributed by atoms with Crippen LogP contribution in [0.2, 0.25) is 0 Å². The van der Waals surface area contributed by atoms with Crippen LogP contribution >= 0.6 is 11.5 Å². The summed E-state index contributed by atoms with van der Waals surface area (Å²) in [7, 11) is 0. The second-order valence-corrected chi connectivity index (χ2v) is 6.22. The monoisotopic (exact) mass is 290 g/mol. The van der Waals surface area contributed by atoms with Crippen LogP contribution in [0.3, 0.4) is 0 Å². The molecule has 0 unspecified atom stereocenters. The molecule has 1 fully saturated rings. The first-order valence-electron chi connectivity index (χ1n) is 6.70. The zero-order valence-corrected chi connectivity index (χ0v) is 12.2. The molecule has 5 nitrogen and oxygen atoms in total. The summed E-state index contributed by atoms with van der Waals surface area (Å²) in [5.74, 6) is 0.563. The molecule has 0 spiro atoms. The highest BCUT2D eigenvalue weighted by Crippen LogP contribution is 2.40. The van der Waals surface area contributed by atoms with E-state index < -0.39 is 5.60 Å². The first kappa shape index (κ1) is 13.3. The summed E-state index contributed by atoms with van der Waals surface area (Å²) >= 11 is 1.43. The Bertz CT molecular complexity index is 586. The average Bonchev–Trinajstić information content (AvgIpc) is 2.82. The van der Waals surface area contributed by atoms with E-state index in [-0.39, 0.29) is 0 Å². The number of piperidine rings is 1. The third-order valence-electron chi connectivity index (χ3n) is 3.80. The Morgan fingerprint density at radius 1 is 1.30 bits per heavy atom. The van der Waals surface area contributed by atoms with Crippen LogP contribution in [-0.2, 0) is 0 Å². The van der Waals surface area contributed by atoms with Gasteiger partial charge in [-0.15, -0.1) is 0 Å². The fraction of sp³-hybridized carbons (Fsp3) is 0.429. The lowest BCUT2D eigenvalue weighted by Crippen LogP contribution is -2.42. The summed E-state index contributed by atoms with van der Waals surface area (Å²) < 4.78 is 4.30. The van der Waals surface area contributed by atoms with E-state index in [0.717, 1.165) is 42.1 Å². The van der Waals surface area contributed by atoms with Gasteiger partial charge in [0.25, 0.3) is 0 Å². The molecule has 6 heteroatoms. The number of nitrogens with zero attached hydrogens (tertiary/aromatic N) is 3. The number of pyridine rings is 1. The van der Waals surface area contributed by atoms with Gasteiger partial charge in [0, 0.05) is 25.5 Å². The van der Waals surface area contributed by atoms with Crippen molar-refractivity contribution < 1.29 is 5.11 Å². The van der Waals surface area contributed by atoms with Gasteiger partial charge in [-0.2, -0.15) is 4.37 Å². The predicted molar refractivity (Wildman–Crippen MR) is 81.8 cm³/mol. The molecule has 3 heterocycles. The van der Waals surface area contributed by atoms with Crippen LogP contribution in [0.15, 0.2) is 24.5 Å². The standard InChI is InChI=1S/C14H18N4OS/c1-14(19)4-8-18(9-5-14)13-11(12(15)17-20-13)10-2-6-16-7-3-10/h2-3,6-7,19H,4-5,8-9H2,1H3,(H2,15,17). The van der Waals surface area contributed by atoms with Crippen molar-refractivity contribution in [2.24, 2.45) is 0 Å². The summed E-state index contributed by atoms with van der Waals surface area (Å²) in [6.07, 6.45) is 5.05. The highest BCUT2D eigenvalue weighted by atomic mass is 32.1. The van der Waals surface area contributed by atoms with Crippen LogP contribution in [0.5, 0.6) is 0 Å². The van der Waals surface area contributed by atoms with E-state index in [0.29, 0.717) is 5.82 Å². The molecule has 1 aliphatic rings. The van der Waals surface area contributed by atoms with Gasteiger partial charge in [-0.25, -0.2) is 0 Å². The molecule has 3 rings (SSSR count). The van der Waals surface area contributed by atoms with Crippen LogP contribution in [0.25, 0.3) is 11.1 Å². The minimum absolute atomic E-state index is 0.552. The Kier molecular flexibility index (Phi) is 3.35. The molecule has 1 saturated heterocycles. The summed E-state index contributed by atoms with van der Waals surface area (Å²) in [5.41, 5.74) is 7.51. The minimum Gasteiger partial charge on any atom is -0.390 e. The highest BCUT2D eigenvalue weighted by molar-refractivity contribution is 7.11. The number of aromatic nitrogens is 2. The van der Waals surface area contributed by atoms with Crippen molar-refractivity contribution in [3.8, 4) is 11.1 Å². The number of rotatable bonds is 2.